The highest BCUT2D eigenvalue weighted by atomic mass is 16.6. The second-order valence-corrected chi connectivity index (χ2v) is 7.31. The van der Waals surface area contributed by atoms with Crippen LogP contribution in [0.1, 0.15) is 48.0 Å². The molecule has 0 saturated carbocycles. The Morgan fingerprint density at radius 1 is 1.17 bits per heavy atom. The van der Waals surface area contributed by atoms with Crippen molar-refractivity contribution < 1.29 is 14.3 Å². The molecule has 0 bridgehead atoms. The minimum absolute atomic E-state index is 0.0803. The molecule has 1 saturated heterocycles. The summed E-state index contributed by atoms with van der Waals surface area (Å²) in [6, 6.07) is 0. The minimum Gasteiger partial charge on any atom is -0.393 e. The average Bonchev–Trinajstić information content (AvgIpc) is 2.36. The van der Waals surface area contributed by atoms with E-state index in [0.29, 0.717) is 0 Å². The van der Waals surface area contributed by atoms with Gasteiger partial charge in [-0.1, -0.05) is 27.7 Å². The molecule has 4 nitrogen and oxygen atoms in total. The fourth-order valence-electron chi connectivity index (χ4n) is 2.93. The highest BCUT2D eigenvalue weighted by molar-refractivity contribution is 5.97. The van der Waals surface area contributed by atoms with E-state index < -0.39 is 29.3 Å². The van der Waals surface area contributed by atoms with Gasteiger partial charge in [0.05, 0.1) is 11.8 Å². The van der Waals surface area contributed by atoms with Crippen molar-refractivity contribution >= 4 is 11.9 Å². The summed E-state index contributed by atoms with van der Waals surface area (Å²) in [4.78, 5) is 23.7. The van der Waals surface area contributed by atoms with Crippen LogP contribution in [0, 0.1) is 23.2 Å². The monoisotopic (exact) mass is 255 g/mol. The van der Waals surface area contributed by atoms with Crippen LogP contribution in [-0.4, -0.2) is 17.5 Å². The first-order valence-electron chi connectivity index (χ1n) is 6.48. The van der Waals surface area contributed by atoms with Gasteiger partial charge >= 0.3 is 11.9 Å². The Kier molecular flexibility index (Phi) is 3.92. The number of carbonyl (C=O) groups excluding carboxylic acids is 2. The van der Waals surface area contributed by atoms with Gasteiger partial charge in [-0.25, -0.2) is 0 Å². The summed E-state index contributed by atoms with van der Waals surface area (Å²) < 4.78 is 4.79. The number of ether oxygens (including phenoxy) is 1. The molecule has 1 fully saturated rings. The van der Waals surface area contributed by atoms with Gasteiger partial charge in [0.15, 0.2) is 0 Å². The topological polar surface area (TPSA) is 69.4 Å². The summed E-state index contributed by atoms with van der Waals surface area (Å²) in [5.41, 5.74) is 5.40. The number of hydrogen-bond acceptors (Lipinski definition) is 4. The van der Waals surface area contributed by atoms with E-state index in [1.54, 1.807) is 13.8 Å². The highest BCUT2D eigenvalue weighted by Crippen LogP contribution is 2.40. The van der Waals surface area contributed by atoms with Crippen LogP contribution in [0.15, 0.2) is 0 Å². The standard InChI is InChI=1S/C14H25NO3/c1-8(7-13(2,3)4)9-10(14(5,6)15)12(17)18-11(9)16/h8-10H,7,15H2,1-6H3. The highest BCUT2D eigenvalue weighted by Gasteiger charge is 2.52. The van der Waals surface area contributed by atoms with Crippen LogP contribution in [0.5, 0.6) is 0 Å². The molecule has 18 heavy (non-hydrogen) atoms. The molecule has 1 aliphatic rings. The lowest BCUT2D eigenvalue weighted by molar-refractivity contribution is -0.154. The van der Waals surface area contributed by atoms with Gasteiger partial charge in [-0.15, -0.1) is 0 Å². The average molecular weight is 255 g/mol. The van der Waals surface area contributed by atoms with E-state index in [1.807, 2.05) is 6.92 Å². The maximum absolute atomic E-state index is 11.9. The molecule has 2 N–H and O–H groups in total. The fraction of sp³-hybridized carbons (Fsp3) is 0.857. The molecule has 0 amide bonds. The summed E-state index contributed by atoms with van der Waals surface area (Å²) in [5.74, 6) is -1.77. The summed E-state index contributed by atoms with van der Waals surface area (Å²) >= 11 is 0. The number of rotatable bonds is 3. The maximum Gasteiger partial charge on any atom is 0.319 e. The Balaban J connectivity index is 2.97. The Bertz CT molecular complexity index is 349. The van der Waals surface area contributed by atoms with Crippen molar-refractivity contribution in [3.05, 3.63) is 0 Å². The van der Waals surface area contributed by atoms with Gasteiger partial charge in [-0.05, 0) is 31.6 Å². The number of hydrogen-bond donors (Lipinski definition) is 1. The molecule has 0 spiro atoms. The fourth-order valence-corrected chi connectivity index (χ4v) is 2.93. The van der Waals surface area contributed by atoms with Crippen LogP contribution in [0.4, 0.5) is 0 Å². The molecule has 104 valence electrons. The summed E-state index contributed by atoms with van der Waals surface area (Å²) in [6.07, 6.45) is 0.854. The SMILES string of the molecule is CC(CC(C)(C)C)C1C(=O)OC(=O)C1C(C)(C)N. The molecule has 0 radical (unpaired) electrons. The normalized spacial score (nSPS) is 27.3. The first kappa shape index (κ1) is 15.2. The van der Waals surface area contributed by atoms with Gasteiger partial charge in [0.2, 0.25) is 0 Å². The molecule has 1 aliphatic heterocycles. The molecule has 3 atom stereocenters. The number of carbonyl (C=O) groups is 2. The Labute approximate surface area is 109 Å². The summed E-state index contributed by atoms with van der Waals surface area (Å²) in [5, 5.41) is 0. The largest absolute Gasteiger partial charge is 0.393 e. The van der Waals surface area contributed by atoms with Crippen molar-refractivity contribution in [2.24, 2.45) is 28.9 Å². The molecule has 1 heterocycles. The zero-order chi connectivity index (χ0) is 14.3. The zero-order valence-electron chi connectivity index (χ0n) is 12.2. The first-order valence-corrected chi connectivity index (χ1v) is 6.48. The van der Waals surface area contributed by atoms with Crippen molar-refractivity contribution in [3.8, 4) is 0 Å². The van der Waals surface area contributed by atoms with Gasteiger partial charge in [0.1, 0.15) is 0 Å². The van der Waals surface area contributed by atoms with Gasteiger partial charge in [-0.3, -0.25) is 9.59 Å². The van der Waals surface area contributed by atoms with Crippen LogP contribution in [0.25, 0.3) is 0 Å². The van der Waals surface area contributed by atoms with Gasteiger partial charge in [0.25, 0.3) is 0 Å². The first-order chi connectivity index (χ1) is 7.93. The third-order valence-corrected chi connectivity index (χ3v) is 3.44. The van der Waals surface area contributed by atoms with Crippen molar-refractivity contribution in [1.29, 1.82) is 0 Å². The van der Waals surface area contributed by atoms with Crippen molar-refractivity contribution in [3.63, 3.8) is 0 Å². The smallest absolute Gasteiger partial charge is 0.319 e. The molecule has 0 aromatic heterocycles. The predicted molar refractivity (Wildman–Crippen MR) is 69.6 cm³/mol. The molecule has 0 aliphatic carbocycles. The number of cyclic esters (lactones) is 2. The van der Waals surface area contributed by atoms with Crippen LogP contribution < -0.4 is 5.73 Å². The Hall–Kier alpha value is -0.900. The van der Waals surface area contributed by atoms with E-state index in [-0.39, 0.29) is 11.3 Å². The molecule has 4 heteroatoms. The van der Waals surface area contributed by atoms with E-state index in [4.69, 9.17) is 10.5 Å². The molecule has 1 rings (SSSR count). The molecule has 0 aromatic carbocycles. The van der Waals surface area contributed by atoms with E-state index in [9.17, 15) is 9.59 Å². The van der Waals surface area contributed by atoms with Gasteiger partial charge < -0.3 is 10.5 Å². The van der Waals surface area contributed by atoms with E-state index >= 15 is 0 Å². The predicted octanol–water partition coefficient (Wildman–Crippen LogP) is 2.11. The second kappa shape index (κ2) is 4.65. The third kappa shape index (κ3) is 3.31. The zero-order valence-corrected chi connectivity index (χ0v) is 12.2. The lowest BCUT2D eigenvalue weighted by atomic mass is 9.70. The second-order valence-electron chi connectivity index (χ2n) is 7.31. The van der Waals surface area contributed by atoms with Crippen molar-refractivity contribution in [2.45, 2.75) is 53.5 Å². The van der Waals surface area contributed by atoms with Gasteiger partial charge in [-0.2, -0.15) is 0 Å². The quantitative estimate of drug-likeness (QED) is 0.619. The van der Waals surface area contributed by atoms with Crippen LogP contribution in [0.3, 0.4) is 0 Å². The molecular weight excluding hydrogens is 230 g/mol. The van der Waals surface area contributed by atoms with E-state index in [1.165, 1.54) is 0 Å². The minimum atomic E-state index is -0.736. The van der Waals surface area contributed by atoms with E-state index in [0.717, 1.165) is 6.42 Å². The molecule has 0 aromatic rings. The molecule has 3 unspecified atom stereocenters. The lowest BCUT2D eigenvalue weighted by Crippen LogP contribution is -2.48. The van der Waals surface area contributed by atoms with Gasteiger partial charge in [0, 0.05) is 5.54 Å². The maximum atomic E-state index is 11.9. The van der Waals surface area contributed by atoms with Crippen molar-refractivity contribution in [1.82, 2.24) is 0 Å². The van der Waals surface area contributed by atoms with Crippen LogP contribution in [0.2, 0.25) is 0 Å². The number of esters is 2. The third-order valence-electron chi connectivity index (χ3n) is 3.44. The Morgan fingerprint density at radius 2 is 1.67 bits per heavy atom. The molecular formula is C14H25NO3. The van der Waals surface area contributed by atoms with Crippen molar-refractivity contribution in [2.75, 3.05) is 0 Å². The summed E-state index contributed by atoms with van der Waals surface area (Å²) in [6.45, 7) is 11.9. The lowest BCUT2D eigenvalue weighted by Gasteiger charge is -2.32. The summed E-state index contributed by atoms with van der Waals surface area (Å²) in [7, 11) is 0. The van der Waals surface area contributed by atoms with Crippen LogP contribution >= 0.6 is 0 Å². The number of nitrogens with two attached hydrogens (primary N) is 1. The Morgan fingerprint density at radius 3 is 2.06 bits per heavy atom. The van der Waals surface area contributed by atoms with E-state index in [2.05, 4.69) is 20.8 Å². The van der Waals surface area contributed by atoms with Crippen LogP contribution in [-0.2, 0) is 14.3 Å².